The molecule has 0 aromatic heterocycles. The number of hydrogen-bond donors (Lipinski definition) is 1. The second kappa shape index (κ2) is 5.66. The lowest BCUT2D eigenvalue weighted by molar-refractivity contribution is -0.157. The second-order valence-corrected chi connectivity index (χ2v) is 6.12. The molecule has 2 aliphatic carbocycles. The Balaban J connectivity index is 1.54. The molecule has 108 valence electrons. The van der Waals surface area contributed by atoms with Crippen LogP contribution in [0.25, 0.3) is 0 Å². The standard InChI is InChI=1S/C17H22O3/c1-11(20-10-12-6-3-2-4-7-12)16(18)15-13-8-5-9-14(13)17(15)19/h2-4,6-7,11,13-16,18H,5,8-10H2,1H3/t11-,13+,14-,15+,16+/m1/s1. The van der Waals surface area contributed by atoms with Gasteiger partial charge in [0.25, 0.3) is 0 Å². The van der Waals surface area contributed by atoms with Crippen molar-refractivity contribution in [2.75, 3.05) is 0 Å². The van der Waals surface area contributed by atoms with Gasteiger partial charge in [-0.25, -0.2) is 0 Å². The number of benzene rings is 1. The topological polar surface area (TPSA) is 46.5 Å². The smallest absolute Gasteiger partial charge is 0.142 e. The maximum Gasteiger partial charge on any atom is 0.142 e. The summed E-state index contributed by atoms with van der Waals surface area (Å²) in [5.41, 5.74) is 1.09. The summed E-state index contributed by atoms with van der Waals surface area (Å²) in [4.78, 5) is 12.0. The molecule has 5 atom stereocenters. The van der Waals surface area contributed by atoms with Crippen LogP contribution in [0.15, 0.2) is 30.3 Å². The second-order valence-electron chi connectivity index (χ2n) is 6.12. The molecule has 0 spiro atoms. The number of Topliss-reactive ketones (excluding diaryl/α,β-unsaturated/α-hetero) is 1. The first kappa shape index (κ1) is 13.8. The van der Waals surface area contributed by atoms with Crippen molar-refractivity contribution in [1.82, 2.24) is 0 Å². The summed E-state index contributed by atoms with van der Waals surface area (Å²) in [7, 11) is 0. The van der Waals surface area contributed by atoms with Gasteiger partial charge in [-0.2, -0.15) is 0 Å². The predicted octanol–water partition coefficient (Wildman–Crippen LogP) is 2.57. The van der Waals surface area contributed by atoms with Gasteiger partial charge in [0.05, 0.1) is 18.8 Å². The lowest BCUT2D eigenvalue weighted by Gasteiger charge is -2.43. The average molecular weight is 274 g/mol. The fourth-order valence-electron chi connectivity index (χ4n) is 3.73. The molecule has 3 heteroatoms. The molecule has 0 aliphatic heterocycles. The third kappa shape index (κ3) is 2.40. The Bertz CT molecular complexity index is 470. The Labute approximate surface area is 120 Å². The van der Waals surface area contributed by atoms with E-state index in [0.29, 0.717) is 12.5 Å². The maximum absolute atomic E-state index is 12.0. The number of rotatable bonds is 5. The van der Waals surface area contributed by atoms with E-state index >= 15 is 0 Å². The summed E-state index contributed by atoms with van der Waals surface area (Å²) in [6.07, 6.45) is 2.27. The molecule has 3 nitrogen and oxygen atoms in total. The van der Waals surface area contributed by atoms with Crippen molar-refractivity contribution >= 4 is 5.78 Å². The number of aliphatic hydroxyl groups excluding tert-OH is 1. The molecule has 0 radical (unpaired) electrons. The van der Waals surface area contributed by atoms with Crippen molar-refractivity contribution < 1.29 is 14.6 Å². The van der Waals surface area contributed by atoms with Gasteiger partial charge in [0, 0.05) is 11.8 Å². The summed E-state index contributed by atoms with van der Waals surface area (Å²) < 4.78 is 5.74. The number of hydrogen-bond acceptors (Lipinski definition) is 3. The molecule has 1 N–H and O–H groups in total. The van der Waals surface area contributed by atoms with E-state index in [0.717, 1.165) is 24.8 Å². The molecular weight excluding hydrogens is 252 g/mol. The average Bonchev–Trinajstić information content (AvgIpc) is 2.89. The number of carbonyl (C=O) groups is 1. The largest absolute Gasteiger partial charge is 0.390 e. The van der Waals surface area contributed by atoms with Crippen LogP contribution < -0.4 is 0 Å². The van der Waals surface area contributed by atoms with Gasteiger partial charge in [0.1, 0.15) is 5.78 Å². The minimum atomic E-state index is -0.662. The Morgan fingerprint density at radius 3 is 2.80 bits per heavy atom. The highest BCUT2D eigenvalue weighted by atomic mass is 16.5. The highest BCUT2D eigenvalue weighted by molar-refractivity contribution is 5.91. The van der Waals surface area contributed by atoms with E-state index in [1.54, 1.807) is 0 Å². The molecule has 0 bridgehead atoms. The summed E-state index contributed by atoms with van der Waals surface area (Å²) in [6, 6.07) is 9.91. The number of ether oxygens (including phenoxy) is 1. The third-order valence-electron chi connectivity index (χ3n) is 4.93. The normalized spacial score (nSPS) is 31.5. The predicted molar refractivity (Wildman–Crippen MR) is 76.0 cm³/mol. The lowest BCUT2D eigenvalue weighted by Crippen LogP contribution is -2.53. The third-order valence-corrected chi connectivity index (χ3v) is 4.93. The van der Waals surface area contributed by atoms with E-state index in [1.807, 2.05) is 37.3 Å². The van der Waals surface area contributed by atoms with E-state index in [1.165, 1.54) is 0 Å². The van der Waals surface area contributed by atoms with Crippen molar-refractivity contribution in [3.05, 3.63) is 35.9 Å². The number of fused-ring (bicyclic) bond motifs is 1. The zero-order chi connectivity index (χ0) is 14.1. The minimum absolute atomic E-state index is 0.187. The molecule has 2 aliphatic rings. The molecule has 0 amide bonds. The van der Waals surface area contributed by atoms with Crippen LogP contribution in [0, 0.1) is 17.8 Å². The first-order chi connectivity index (χ1) is 9.68. The minimum Gasteiger partial charge on any atom is -0.390 e. The molecule has 2 saturated carbocycles. The molecule has 1 aromatic carbocycles. The fourth-order valence-corrected chi connectivity index (χ4v) is 3.73. The first-order valence-corrected chi connectivity index (χ1v) is 7.56. The highest BCUT2D eigenvalue weighted by Gasteiger charge is 2.55. The van der Waals surface area contributed by atoms with Crippen LogP contribution in [0.2, 0.25) is 0 Å². The van der Waals surface area contributed by atoms with Crippen LogP contribution >= 0.6 is 0 Å². The van der Waals surface area contributed by atoms with Crippen molar-refractivity contribution in [3.63, 3.8) is 0 Å². The Kier molecular flexibility index (Phi) is 3.90. The summed E-state index contributed by atoms with van der Waals surface area (Å²) in [5, 5.41) is 10.4. The Hall–Kier alpha value is -1.19. The SMILES string of the molecule is C[C@@H](OCc1ccccc1)[C@H](O)[C@H]1C(=O)[C@@H]2CCC[C@H]12. The van der Waals surface area contributed by atoms with Gasteiger partial charge in [-0.15, -0.1) is 0 Å². The van der Waals surface area contributed by atoms with Gasteiger partial charge >= 0.3 is 0 Å². The number of carbonyl (C=O) groups excluding carboxylic acids is 1. The summed E-state index contributed by atoms with van der Waals surface area (Å²) in [5.74, 6) is 0.708. The summed E-state index contributed by atoms with van der Waals surface area (Å²) in [6.45, 7) is 2.34. The molecule has 3 rings (SSSR count). The van der Waals surface area contributed by atoms with Crippen LogP contribution in [-0.2, 0) is 16.1 Å². The Morgan fingerprint density at radius 2 is 2.05 bits per heavy atom. The molecule has 0 unspecified atom stereocenters. The highest BCUT2D eigenvalue weighted by Crippen LogP contribution is 2.50. The fraction of sp³-hybridized carbons (Fsp3) is 0.588. The van der Waals surface area contributed by atoms with E-state index in [-0.39, 0.29) is 23.7 Å². The van der Waals surface area contributed by atoms with Gasteiger partial charge < -0.3 is 9.84 Å². The van der Waals surface area contributed by atoms with Crippen LogP contribution in [-0.4, -0.2) is 23.1 Å². The molecule has 1 aromatic rings. The van der Waals surface area contributed by atoms with Crippen molar-refractivity contribution in [3.8, 4) is 0 Å². The zero-order valence-electron chi connectivity index (χ0n) is 11.9. The first-order valence-electron chi connectivity index (χ1n) is 7.56. The van der Waals surface area contributed by atoms with Gasteiger partial charge in [0.15, 0.2) is 0 Å². The lowest BCUT2D eigenvalue weighted by atomic mass is 9.62. The molecule has 2 fully saturated rings. The monoisotopic (exact) mass is 274 g/mol. The van der Waals surface area contributed by atoms with Gasteiger partial charge in [0.2, 0.25) is 0 Å². The molecule has 0 heterocycles. The van der Waals surface area contributed by atoms with Gasteiger partial charge in [-0.1, -0.05) is 36.8 Å². The zero-order valence-corrected chi connectivity index (χ0v) is 11.9. The quantitative estimate of drug-likeness (QED) is 0.897. The van der Waals surface area contributed by atoms with E-state index < -0.39 is 6.10 Å². The Morgan fingerprint density at radius 1 is 1.30 bits per heavy atom. The molecular formula is C17H22O3. The van der Waals surface area contributed by atoms with Crippen LogP contribution in [0.5, 0.6) is 0 Å². The summed E-state index contributed by atoms with van der Waals surface area (Å²) >= 11 is 0. The van der Waals surface area contributed by atoms with Crippen molar-refractivity contribution in [2.45, 2.75) is 45.0 Å². The van der Waals surface area contributed by atoms with E-state index in [9.17, 15) is 9.90 Å². The molecule has 20 heavy (non-hydrogen) atoms. The van der Waals surface area contributed by atoms with Crippen LogP contribution in [0.4, 0.5) is 0 Å². The van der Waals surface area contributed by atoms with Gasteiger partial charge in [-0.05, 0) is 31.2 Å². The van der Waals surface area contributed by atoms with E-state index in [2.05, 4.69) is 0 Å². The van der Waals surface area contributed by atoms with Crippen LogP contribution in [0.1, 0.15) is 31.7 Å². The molecule has 0 saturated heterocycles. The van der Waals surface area contributed by atoms with Gasteiger partial charge in [-0.3, -0.25) is 4.79 Å². The number of aliphatic hydroxyl groups is 1. The number of ketones is 1. The van der Waals surface area contributed by atoms with Crippen molar-refractivity contribution in [2.24, 2.45) is 17.8 Å². The maximum atomic E-state index is 12.0. The van der Waals surface area contributed by atoms with Crippen LogP contribution in [0.3, 0.4) is 0 Å². The van der Waals surface area contributed by atoms with E-state index in [4.69, 9.17) is 4.74 Å². The van der Waals surface area contributed by atoms with Crippen molar-refractivity contribution in [1.29, 1.82) is 0 Å².